The molecule has 32 heavy (non-hydrogen) atoms. The van der Waals surface area contributed by atoms with Crippen LogP contribution >= 0.6 is 11.6 Å². The van der Waals surface area contributed by atoms with Gasteiger partial charge in [0.1, 0.15) is 18.2 Å². The Morgan fingerprint density at radius 3 is 2.88 bits per heavy atom. The molecule has 0 bridgehead atoms. The summed E-state index contributed by atoms with van der Waals surface area (Å²) in [5.41, 5.74) is 0.628. The molecule has 0 saturated carbocycles. The van der Waals surface area contributed by atoms with Crippen LogP contribution in [0.4, 0.5) is 0 Å². The molecule has 3 heterocycles. The highest BCUT2D eigenvalue weighted by Crippen LogP contribution is 2.26. The minimum absolute atomic E-state index is 0.0372. The first-order valence-electron chi connectivity index (χ1n) is 10.7. The predicted molar refractivity (Wildman–Crippen MR) is 121 cm³/mol. The molecule has 1 N–H and O–H groups in total. The molecule has 1 fully saturated rings. The van der Waals surface area contributed by atoms with Crippen molar-refractivity contribution in [3.63, 3.8) is 0 Å². The molecule has 9 heteroatoms. The second-order valence-corrected chi connectivity index (χ2v) is 8.11. The van der Waals surface area contributed by atoms with E-state index < -0.39 is 0 Å². The molecule has 0 spiro atoms. The minimum atomic E-state index is -0.255. The lowest BCUT2D eigenvalue weighted by Crippen LogP contribution is -2.41. The number of carbonyl (C=O) groups excluding carboxylic acids is 1. The first-order chi connectivity index (χ1) is 15.5. The number of hydrogen-bond acceptors (Lipinski definition) is 6. The number of fused-ring (bicyclic) bond motifs is 1. The number of benzene rings is 1. The van der Waals surface area contributed by atoms with Gasteiger partial charge in [-0.2, -0.15) is 0 Å². The lowest BCUT2D eigenvalue weighted by molar-refractivity contribution is 0.00900. The number of halogens is 1. The predicted octanol–water partition coefficient (Wildman–Crippen LogP) is 3.58. The van der Waals surface area contributed by atoms with Crippen LogP contribution in [-0.4, -0.2) is 51.6 Å². The number of aromatic amines is 1. The van der Waals surface area contributed by atoms with E-state index in [1.807, 2.05) is 0 Å². The normalized spacial score (nSPS) is 14.6. The van der Waals surface area contributed by atoms with Crippen LogP contribution in [0.5, 0.6) is 5.75 Å². The van der Waals surface area contributed by atoms with Gasteiger partial charge in [-0.1, -0.05) is 18.5 Å². The van der Waals surface area contributed by atoms with E-state index in [1.165, 1.54) is 6.20 Å². The van der Waals surface area contributed by atoms with Crippen molar-refractivity contribution in [2.45, 2.75) is 38.9 Å². The Labute approximate surface area is 190 Å². The lowest BCUT2D eigenvalue weighted by atomic mass is 10.1. The van der Waals surface area contributed by atoms with Crippen LogP contribution in [0.1, 0.15) is 42.4 Å². The molecule has 2 aromatic heterocycles. The van der Waals surface area contributed by atoms with Crippen molar-refractivity contribution < 1.29 is 14.3 Å². The summed E-state index contributed by atoms with van der Waals surface area (Å²) >= 11 is 6.32. The van der Waals surface area contributed by atoms with Gasteiger partial charge in [-0.05, 0) is 43.5 Å². The van der Waals surface area contributed by atoms with Crippen molar-refractivity contribution in [1.29, 1.82) is 0 Å². The van der Waals surface area contributed by atoms with E-state index in [9.17, 15) is 9.59 Å². The number of hydrogen-bond donors (Lipinski definition) is 1. The number of piperidine rings is 1. The highest BCUT2D eigenvalue weighted by molar-refractivity contribution is 6.33. The Hall–Kier alpha value is -2.97. The zero-order valence-corrected chi connectivity index (χ0v) is 18.6. The van der Waals surface area contributed by atoms with Crippen molar-refractivity contribution in [2.24, 2.45) is 0 Å². The zero-order chi connectivity index (χ0) is 22.5. The van der Waals surface area contributed by atoms with Crippen molar-refractivity contribution in [3.8, 4) is 5.75 Å². The van der Waals surface area contributed by atoms with Gasteiger partial charge in [-0.15, -0.1) is 0 Å². The fourth-order valence-corrected chi connectivity index (χ4v) is 3.90. The van der Waals surface area contributed by atoms with Crippen molar-refractivity contribution >= 4 is 28.4 Å². The molecule has 3 aromatic rings. The maximum atomic E-state index is 13.0. The molecule has 0 radical (unpaired) electrons. The summed E-state index contributed by atoms with van der Waals surface area (Å²) in [5, 5.41) is 0.835. The SMILES string of the molecule is CCCOC1CCN(C(=O)c2cc(OCc3nc4cnccc4c(=O)[nH]3)ccc2Cl)CC1. The second kappa shape index (κ2) is 10.1. The Kier molecular flexibility index (Phi) is 7.02. The number of nitrogens with one attached hydrogen (secondary N) is 1. The summed E-state index contributed by atoms with van der Waals surface area (Å²) < 4.78 is 11.6. The Morgan fingerprint density at radius 2 is 2.09 bits per heavy atom. The number of ether oxygens (including phenoxy) is 2. The quantitative estimate of drug-likeness (QED) is 0.583. The van der Waals surface area contributed by atoms with Gasteiger partial charge in [0.25, 0.3) is 11.5 Å². The Balaban J connectivity index is 1.43. The molecular weight excluding hydrogens is 432 g/mol. The third-order valence-electron chi connectivity index (χ3n) is 5.39. The highest BCUT2D eigenvalue weighted by atomic mass is 35.5. The fourth-order valence-electron chi connectivity index (χ4n) is 3.70. The molecule has 0 atom stereocenters. The summed E-state index contributed by atoms with van der Waals surface area (Å²) in [6.45, 7) is 4.13. The number of pyridine rings is 1. The number of aromatic nitrogens is 3. The number of carbonyl (C=O) groups is 1. The van der Waals surface area contributed by atoms with Crippen LogP contribution in [0.25, 0.3) is 10.9 Å². The standard InChI is InChI=1S/C23H25ClN4O4/c1-2-11-31-15-6-9-28(10-7-15)23(30)18-12-16(3-4-19(18)24)32-14-21-26-20-13-25-8-5-17(20)22(29)27-21/h3-5,8,12-13,15H,2,6-7,9-11,14H2,1H3,(H,26,27,29). The van der Waals surface area contributed by atoms with Gasteiger partial charge in [0, 0.05) is 25.9 Å². The molecule has 1 aliphatic heterocycles. The van der Waals surface area contributed by atoms with Crippen molar-refractivity contribution in [1.82, 2.24) is 19.9 Å². The molecule has 1 saturated heterocycles. The van der Waals surface area contributed by atoms with E-state index in [1.54, 1.807) is 35.4 Å². The molecule has 1 aliphatic rings. The van der Waals surface area contributed by atoms with Crippen LogP contribution in [0.3, 0.4) is 0 Å². The molecule has 4 rings (SSSR count). The van der Waals surface area contributed by atoms with Crippen LogP contribution in [-0.2, 0) is 11.3 Å². The fraction of sp³-hybridized carbons (Fsp3) is 0.391. The number of amides is 1. The first kappa shape index (κ1) is 22.2. The van der Waals surface area contributed by atoms with Crippen LogP contribution in [0.15, 0.2) is 41.5 Å². The summed E-state index contributed by atoms with van der Waals surface area (Å²) in [7, 11) is 0. The second-order valence-electron chi connectivity index (χ2n) is 7.70. The summed E-state index contributed by atoms with van der Waals surface area (Å²) in [6, 6.07) is 6.57. The van der Waals surface area contributed by atoms with Gasteiger partial charge < -0.3 is 19.4 Å². The topological polar surface area (TPSA) is 97.4 Å². The molecule has 0 aliphatic carbocycles. The molecule has 1 amide bonds. The lowest BCUT2D eigenvalue weighted by Gasteiger charge is -2.32. The average molecular weight is 457 g/mol. The van der Waals surface area contributed by atoms with E-state index in [0.29, 0.717) is 46.2 Å². The van der Waals surface area contributed by atoms with Crippen LogP contribution < -0.4 is 10.3 Å². The molecule has 168 valence electrons. The maximum Gasteiger partial charge on any atom is 0.258 e. The summed E-state index contributed by atoms with van der Waals surface area (Å²) in [5.74, 6) is 0.707. The van der Waals surface area contributed by atoms with Crippen LogP contribution in [0.2, 0.25) is 5.02 Å². The smallest absolute Gasteiger partial charge is 0.258 e. The minimum Gasteiger partial charge on any atom is -0.486 e. The number of nitrogens with zero attached hydrogens (tertiary/aromatic N) is 3. The number of rotatable bonds is 7. The highest BCUT2D eigenvalue weighted by Gasteiger charge is 2.25. The Morgan fingerprint density at radius 1 is 1.28 bits per heavy atom. The van der Waals surface area contributed by atoms with Crippen LogP contribution in [0, 0.1) is 0 Å². The van der Waals surface area contributed by atoms with Crippen molar-refractivity contribution in [2.75, 3.05) is 19.7 Å². The summed E-state index contributed by atoms with van der Waals surface area (Å²) in [4.78, 5) is 38.1. The molecule has 8 nitrogen and oxygen atoms in total. The van der Waals surface area contributed by atoms with E-state index >= 15 is 0 Å². The Bertz CT molecular complexity index is 1160. The van der Waals surface area contributed by atoms with Gasteiger partial charge in [-0.3, -0.25) is 14.6 Å². The largest absolute Gasteiger partial charge is 0.486 e. The van der Waals surface area contributed by atoms with E-state index in [0.717, 1.165) is 25.9 Å². The number of H-pyrrole nitrogens is 1. The number of likely N-dealkylation sites (tertiary alicyclic amines) is 1. The first-order valence-corrected chi connectivity index (χ1v) is 11.1. The van der Waals surface area contributed by atoms with Gasteiger partial charge in [-0.25, -0.2) is 4.98 Å². The molecule has 0 unspecified atom stereocenters. The maximum absolute atomic E-state index is 13.0. The molecular formula is C23H25ClN4O4. The van der Waals surface area contributed by atoms with E-state index in [4.69, 9.17) is 21.1 Å². The third-order valence-corrected chi connectivity index (χ3v) is 5.72. The zero-order valence-electron chi connectivity index (χ0n) is 17.8. The molecule has 1 aromatic carbocycles. The van der Waals surface area contributed by atoms with E-state index in [-0.39, 0.29) is 24.2 Å². The van der Waals surface area contributed by atoms with Crippen molar-refractivity contribution in [3.05, 3.63) is 63.4 Å². The summed E-state index contributed by atoms with van der Waals surface area (Å²) in [6.07, 6.45) is 5.90. The average Bonchev–Trinajstić information content (AvgIpc) is 2.82. The van der Waals surface area contributed by atoms with Gasteiger partial charge >= 0.3 is 0 Å². The van der Waals surface area contributed by atoms with Gasteiger partial charge in [0.2, 0.25) is 0 Å². The third kappa shape index (κ3) is 5.08. The van der Waals surface area contributed by atoms with Gasteiger partial charge in [0.05, 0.1) is 33.8 Å². The van der Waals surface area contributed by atoms with Gasteiger partial charge in [0.15, 0.2) is 0 Å². The van der Waals surface area contributed by atoms with E-state index in [2.05, 4.69) is 21.9 Å². The monoisotopic (exact) mass is 456 g/mol.